The van der Waals surface area contributed by atoms with Gasteiger partial charge in [-0.3, -0.25) is 4.99 Å². The van der Waals surface area contributed by atoms with Gasteiger partial charge < -0.3 is 15.5 Å². The molecule has 0 bridgehead atoms. The van der Waals surface area contributed by atoms with Gasteiger partial charge in [0, 0.05) is 36.6 Å². The molecule has 26 heavy (non-hydrogen) atoms. The van der Waals surface area contributed by atoms with Gasteiger partial charge in [0.25, 0.3) is 0 Å². The maximum absolute atomic E-state index is 4.43. The molecule has 1 aliphatic heterocycles. The highest BCUT2D eigenvalue weighted by molar-refractivity contribution is 14.0. The lowest BCUT2D eigenvalue weighted by Gasteiger charge is -2.32. The summed E-state index contributed by atoms with van der Waals surface area (Å²) in [6.07, 6.45) is 5.14. The number of benzene rings is 1. The summed E-state index contributed by atoms with van der Waals surface area (Å²) in [6.45, 7) is 7.86. The lowest BCUT2D eigenvalue weighted by molar-refractivity contribution is 0.183. The van der Waals surface area contributed by atoms with Crippen molar-refractivity contribution >= 4 is 45.9 Å². The molecule has 1 aromatic carbocycles. The fraction of sp³-hybridized carbons (Fsp3) is 0.650. The molecule has 1 saturated heterocycles. The van der Waals surface area contributed by atoms with E-state index in [1.165, 1.54) is 50.9 Å². The lowest BCUT2D eigenvalue weighted by atomic mass is 9.96. The highest BCUT2D eigenvalue weighted by Crippen LogP contribution is 2.48. The smallest absolute Gasteiger partial charge is 0.191 e. The van der Waals surface area contributed by atoms with Crippen molar-refractivity contribution in [3.05, 3.63) is 34.3 Å². The van der Waals surface area contributed by atoms with Crippen molar-refractivity contribution in [1.82, 2.24) is 15.5 Å². The number of nitrogens with zero attached hydrogens (tertiary/aromatic N) is 2. The number of aliphatic imine (C=N–C) groups is 1. The van der Waals surface area contributed by atoms with Crippen LogP contribution in [-0.4, -0.2) is 50.6 Å². The number of nitrogens with one attached hydrogen (secondary N) is 2. The van der Waals surface area contributed by atoms with Gasteiger partial charge in [-0.1, -0.05) is 35.0 Å². The standard InChI is InChI=1S/C20H31BrN4.HI/c1-3-25-11-5-6-16(14-25)13-23-19(22-2)24-15-20(9-10-20)17-7-4-8-18(21)12-17;/h4,7-8,12,16H,3,5-6,9-11,13-15H2,1-2H3,(H2,22,23,24);1H. The second kappa shape index (κ2) is 10.3. The first-order chi connectivity index (χ1) is 12.1. The highest BCUT2D eigenvalue weighted by Gasteiger charge is 2.44. The van der Waals surface area contributed by atoms with Crippen LogP contribution in [0.5, 0.6) is 0 Å². The van der Waals surface area contributed by atoms with E-state index in [1.807, 2.05) is 7.05 Å². The minimum atomic E-state index is 0. The quantitative estimate of drug-likeness (QED) is 0.329. The van der Waals surface area contributed by atoms with Crippen LogP contribution in [0.2, 0.25) is 0 Å². The Morgan fingerprint density at radius 2 is 2.15 bits per heavy atom. The first-order valence-corrected chi connectivity index (χ1v) is 10.4. The van der Waals surface area contributed by atoms with Crippen LogP contribution in [0.4, 0.5) is 0 Å². The first-order valence-electron chi connectivity index (χ1n) is 9.58. The molecule has 0 aromatic heterocycles. The van der Waals surface area contributed by atoms with Crippen molar-refractivity contribution < 1.29 is 0 Å². The van der Waals surface area contributed by atoms with Crippen molar-refractivity contribution in [3.63, 3.8) is 0 Å². The van der Waals surface area contributed by atoms with Gasteiger partial charge in [0.15, 0.2) is 5.96 Å². The monoisotopic (exact) mass is 534 g/mol. The van der Waals surface area contributed by atoms with E-state index in [-0.39, 0.29) is 29.4 Å². The molecule has 2 fully saturated rings. The topological polar surface area (TPSA) is 39.7 Å². The molecule has 0 spiro atoms. The van der Waals surface area contributed by atoms with Gasteiger partial charge in [-0.2, -0.15) is 0 Å². The van der Waals surface area contributed by atoms with E-state index < -0.39 is 0 Å². The number of rotatable bonds is 6. The SMILES string of the molecule is CCN1CCCC(CNC(=NC)NCC2(c3cccc(Br)c3)CC2)C1.I. The van der Waals surface area contributed by atoms with Crippen molar-refractivity contribution in [2.24, 2.45) is 10.9 Å². The summed E-state index contributed by atoms with van der Waals surface area (Å²) in [6, 6.07) is 8.73. The van der Waals surface area contributed by atoms with Gasteiger partial charge in [0.1, 0.15) is 0 Å². The highest BCUT2D eigenvalue weighted by atomic mass is 127. The molecule has 1 atom stereocenters. The third-order valence-corrected chi connectivity index (χ3v) is 6.21. The van der Waals surface area contributed by atoms with E-state index in [1.54, 1.807) is 0 Å². The molecule has 146 valence electrons. The zero-order valence-corrected chi connectivity index (χ0v) is 19.8. The minimum absolute atomic E-state index is 0. The number of halogens is 2. The van der Waals surface area contributed by atoms with Crippen molar-refractivity contribution in [1.29, 1.82) is 0 Å². The molecule has 6 heteroatoms. The number of hydrogen-bond acceptors (Lipinski definition) is 2. The van der Waals surface area contributed by atoms with Crippen LogP contribution in [0.15, 0.2) is 33.7 Å². The summed E-state index contributed by atoms with van der Waals surface area (Å²) in [4.78, 5) is 6.98. The van der Waals surface area contributed by atoms with Crippen LogP contribution < -0.4 is 10.6 Å². The second-order valence-corrected chi connectivity index (χ2v) is 8.41. The van der Waals surface area contributed by atoms with Gasteiger partial charge in [0.05, 0.1) is 0 Å². The van der Waals surface area contributed by atoms with Crippen LogP contribution in [0.1, 0.15) is 38.2 Å². The van der Waals surface area contributed by atoms with Crippen LogP contribution in [0.3, 0.4) is 0 Å². The zero-order chi connectivity index (χ0) is 17.7. The average molecular weight is 535 g/mol. The predicted octanol–water partition coefficient (Wildman–Crippen LogP) is 4.00. The minimum Gasteiger partial charge on any atom is -0.356 e. The van der Waals surface area contributed by atoms with E-state index >= 15 is 0 Å². The first kappa shape index (κ1) is 22.0. The third kappa shape index (κ3) is 5.83. The Hall–Kier alpha value is -0.340. The Kier molecular flexibility index (Phi) is 8.67. The molecule has 0 radical (unpaired) electrons. The predicted molar refractivity (Wildman–Crippen MR) is 125 cm³/mol. The molecule has 2 N–H and O–H groups in total. The molecule has 1 saturated carbocycles. The van der Waals surface area contributed by atoms with E-state index in [2.05, 4.69) is 67.6 Å². The van der Waals surface area contributed by atoms with Crippen LogP contribution in [0.25, 0.3) is 0 Å². The maximum atomic E-state index is 4.43. The van der Waals surface area contributed by atoms with Gasteiger partial charge in [-0.15, -0.1) is 24.0 Å². The number of guanidine groups is 1. The molecule has 0 amide bonds. The molecular weight excluding hydrogens is 503 g/mol. The van der Waals surface area contributed by atoms with E-state index in [0.29, 0.717) is 0 Å². The van der Waals surface area contributed by atoms with E-state index in [9.17, 15) is 0 Å². The van der Waals surface area contributed by atoms with Crippen LogP contribution >= 0.6 is 39.9 Å². The summed E-state index contributed by atoms with van der Waals surface area (Å²) in [5.41, 5.74) is 1.71. The van der Waals surface area contributed by atoms with Crippen molar-refractivity contribution in [2.45, 2.75) is 38.0 Å². The molecule has 1 aromatic rings. The number of hydrogen-bond donors (Lipinski definition) is 2. The number of piperidine rings is 1. The Balaban J connectivity index is 0.00000243. The summed E-state index contributed by atoms with van der Waals surface area (Å²) < 4.78 is 1.16. The average Bonchev–Trinajstić information content (AvgIpc) is 3.43. The molecule has 3 rings (SSSR count). The third-order valence-electron chi connectivity index (χ3n) is 5.72. The summed E-state index contributed by atoms with van der Waals surface area (Å²) in [5, 5.41) is 7.11. The Bertz CT molecular complexity index is 603. The summed E-state index contributed by atoms with van der Waals surface area (Å²) in [7, 11) is 1.87. The van der Waals surface area contributed by atoms with Gasteiger partial charge in [-0.25, -0.2) is 0 Å². The Labute approximate surface area is 183 Å². The van der Waals surface area contributed by atoms with E-state index in [0.717, 1.165) is 29.4 Å². The van der Waals surface area contributed by atoms with Crippen LogP contribution in [-0.2, 0) is 5.41 Å². The molecule has 1 heterocycles. The van der Waals surface area contributed by atoms with Crippen molar-refractivity contribution in [3.8, 4) is 0 Å². The molecule has 4 nitrogen and oxygen atoms in total. The molecule has 1 unspecified atom stereocenters. The Morgan fingerprint density at radius 1 is 1.35 bits per heavy atom. The second-order valence-electron chi connectivity index (χ2n) is 7.50. The lowest BCUT2D eigenvalue weighted by Crippen LogP contribution is -2.45. The molecular formula is C20H32BrIN4. The fourth-order valence-electron chi connectivity index (χ4n) is 3.86. The fourth-order valence-corrected chi connectivity index (χ4v) is 4.26. The normalized spacial score (nSPS) is 22.4. The molecule has 1 aliphatic carbocycles. The maximum Gasteiger partial charge on any atom is 0.191 e. The van der Waals surface area contributed by atoms with Crippen LogP contribution in [0, 0.1) is 5.92 Å². The number of likely N-dealkylation sites (tertiary alicyclic amines) is 1. The van der Waals surface area contributed by atoms with Gasteiger partial charge >= 0.3 is 0 Å². The molecule has 2 aliphatic rings. The largest absolute Gasteiger partial charge is 0.356 e. The summed E-state index contributed by atoms with van der Waals surface area (Å²) in [5.74, 6) is 1.67. The summed E-state index contributed by atoms with van der Waals surface area (Å²) >= 11 is 3.60. The van der Waals surface area contributed by atoms with E-state index in [4.69, 9.17) is 0 Å². The Morgan fingerprint density at radius 3 is 2.81 bits per heavy atom. The van der Waals surface area contributed by atoms with Gasteiger partial charge in [-0.05, 0) is 62.4 Å². The zero-order valence-electron chi connectivity index (χ0n) is 15.9. The van der Waals surface area contributed by atoms with Crippen molar-refractivity contribution in [2.75, 3.05) is 39.8 Å². The van der Waals surface area contributed by atoms with Gasteiger partial charge in [0.2, 0.25) is 0 Å².